The zero-order chi connectivity index (χ0) is 31.1. The van der Waals surface area contributed by atoms with Gasteiger partial charge in [0.05, 0.1) is 42.8 Å². The lowest BCUT2D eigenvalue weighted by molar-refractivity contribution is -0.113. The van der Waals surface area contributed by atoms with Crippen LogP contribution in [0.3, 0.4) is 0 Å². The Bertz CT molecular complexity index is 1670. The molecule has 44 heavy (non-hydrogen) atoms. The number of fused-ring (bicyclic) bond motifs is 1. The molecule has 13 heteroatoms. The number of nitrogens with zero attached hydrogens (tertiary/aromatic N) is 3. The molecule has 0 atom stereocenters. The Morgan fingerprint density at radius 1 is 1.05 bits per heavy atom. The largest absolute Gasteiger partial charge is 0.495 e. The van der Waals surface area contributed by atoms with E-state index in [0.29, 0.717) is 33.0 Å². The van der Waals surface area contributed by atoms with E-state index in [2.05, 4.69) is 20.8 Å². The molecule has 0 saturated heterocycles. The molecule has 2 N–H and O–H groups in total. The molecule has 10 nitrogen and oxygen atoms in total. The van der Waals surface area contributed by atoms with Crippen LogP contribution in [-0.2, 0) is 28.9 Å². The first-order chi connectivity index (χ1) is 21.4. The minimum atomic E-state index is -0.633. The van der Waals surface area contributed by atoms with Crippen LogP contribution in [-0.4, -0.2) is 52.0 Å². The Morgan fingerprint density at radius 3 is 2.61 bits per heavy atom. The van der Waals surface area contributed by atoms with Crippen LogP contribution >= 0.6 is 23.1 Å². The molecular weight excluding hydrogens is 606 g/mol. The number of hydrogen-bond acceptors (Lipinski definition) is 9. The lowest BCUT2D eigenvalue weighted by atomic mass is 10.1. The Labute approximate surface area is 262 Å². The van der Waals surface area contributed by atoms with Gasteiger partial charge in [-0.2, -0.15) is 0 Å². The SMILES string of the molecule is CCOC(=O)c1c(NC(=O)CSc2nnc(CNC(=O)c3ccccc3F)n2-c2ccccc2OC)sc2c1CCCCC2. The van der Waals surface area contributed by atoms with E-state index in [1.807, 2.05) is 12.1 Å². The number of carbonyl (C=O) groups excluding carboxylic acids is 3. The van der Waals surface area contributed by atoms with Gasteiger partial charge < -0.3 is 20.1 Å². The number of esters is 1. The number of thioether (sulfide) groups is 1. The highest BCUT2D eigenvalue weighted by atomic mass is 32.2. The normalized spacial score (nSPS) is 12.6. The van der Waals surface area contributed by atoms with Crippen molar-refractivity contribution >= 4 is 45.9 Å². The van der Waals surface area contributed by atoms with Crippen molar-refractivity contribution in [1.29, 1.82) is 0 Å². The molecule has 5 rings (SSSR count). The monoisotopic (exact) mass is 637 g/mol. The minimum absolute atomic E-state index is 0.0281. The predicted octanol–water partition coefficient (Wildman–Crippen LogP) is 5.58. The van der Waals surface area contributed by atoms with Crippen LogP contribution in [0.2, 0.25) is 0 Å². The van der Waals surface area contributed by atoms with E-state index in [4.69, 9.17) is 9.47 Å². The minimum Gasteiger partial charge on any atom is -0.495 e. The Balaban J connectivity index is 1.36. The number of aromatic nitrogens is 3. The zero-order valence-electron chi connectivity index (χ0n) is 24.4. The van der Waals surface area contributed by atoms with Gasteiger partial charge in [0.25, 0.3) is 5.91 Å². The van der Waals surface area contributed by atoms with E-state index in [1.165, 1.54) is 36.6 Å². The fourth-order valence-electron chi connectivity index (χ4n) is 5.01. The van der Waals surface area contributed by atoms with Crippen molar-refractivity contribution in [2.75, 3.05) is 24.8 Å². The Kier molecular flexibility index (Phi) is 10.3. The van der Waals surface area contributed by atoms with E-state index < -0.39 is 17.7 Å². The number of para-hydroxylation sites is 2. The van der Waals surface area contributed by atoms with E-state index >= 15 is 0 Å². The Hall–Kier alpha value is -4.23. The standard InChI is InChI=1S/C31H32FN5O5S2/c1-3-42-30(40)27-20-12-5-4-6-16-24(20)44-29(27)34-26(38)18-43-31-36-35-25(37(31)22-14-9-10-15-23(22)41-2)17-33-28(39)19-11-7-8-13-21(19)32/h7-11,13-15H,3-6,12,16-18H2,1-2H3,(H,33,39)(H,34,38). The number of nitrogens with one attached hydrogen (secondary N) is 2. The molecule has 0 aliphatic heterocycles. The summed E-state index contributed by atoms with van der Waals surface area (Å²) < 4.78 is 26.7. The maximum Gasteiger partial charge on any atom is 0.341 e. The number of hydrogen-bond donors (Lipinski definition) is 2. The fraction of sp³-hybridized carbons (Fsp3) is 0.323. The van der Waals surface area contributed by atoms with Crippen molar-refractivity contribution in [3.8, 4) is 11.4 Å². The number of anilines is 1. The number of benzene rings is 2. The summed E-state index contributed by atoms with van der Waals surface area (Å²) in [5.74, 6) is -1.12. The second-order valence-corrected chi connectivity index (χ2v) is 11.9. The average Bonchev–Trinajstić information content (AvgIpc) is 3.50. The summed E-state index contributed by atoms with van der Waals surface area (Å²) in [7, 11) is 1.53. The topological polar surface area (TPSA) is 124 Å². The number of halogens is 1. The predicted molar refractivity (Wildman–Crippen MR) is 166 cm³/mol. The summed E-state index contributed by atoms with van der Waals surface area (Å²) in [4.78, 5) is 39.9. The van der Waals surface area contributed by atoms with Crippen molar-refractivity contribution in [3.63, 3.8) is 0 Å². The van der Waals surface area contributed by atoms with E-state index in [0.717, 1.165) is 54.3 Å². The molecule has 0 saturated carbocycles. The quantitative estimate of drug-likeness (QED) is 0.124. The maximum atomic E-state index is 14.2. The van der Waals surface area contributed by atoms with Gasteiger partial charge in [0.1, 0.15) is 16.6 Å². The summed E-state index contributed by atoms with van der Waals surface area (Å²) in [6.07, 6.45) is 4.78. The third-order valence-electron chi connectivity index (χ3n) is 7.04. The second-order valence-electron chi connectivity index (χ2n) is 9.89. The van der Waals surface area contributed by atoms with Crippen molar-refractivity contribution < 1.29 is 28.2 Å². The molecule has 0 bridgehead atoms. The van der Waals surface area contributed by atoms with Crippen molar-refractivity contribution in [1.82, 2.24) is 20.1 Å². The summed E-state index contributed by atoms with van der Waals surface area (Å²) in [5, 5.41) is 15.1. The lowest BCUT2D eigenvalue weighted by Crippen LogP contribution is -2.25. The van der Waals surface area contributed by atoms with Crippen LogP contribution in [0, 0.1) is 5.82 Å². The third kappa shape index (κ3) is 6.94. The average molecular weight is 638 g/mol. The van der Waals surface area contributed by atoms with Gasteiger partial charge in [0.15, 0.2) is 11.0 Å². The van der Waals surface area contributed by atoms with E-state index in [-0.39, 0.29) is 30.4 Å². The molecule has 2 aromatic heterocycles. The lowest BCUT2D eigenvalue weighted by Gasteiger charge is -2.14. The van der Waals surface area contributed by atoms with Gasteiger partial charge in [-0.25, -0.2) is 9.18 Å². The molecule has 1 aliphatic rings. The number of aryl methyl sites for hydroxylation is 1. The van der Waals surface area contributed by atoms with Crippen LogP contribution < -0.4 is 15.4 Å². The third-order valence-corrected chi connectivity index (χ3v) is 9.17. The summed E-state index contributed by atoms with van der Waals surface area (Å²) >= 11 is 2.58. The molecule has 2 heterocycles. The highest BCUT2D eigenvalue weighted by molar-refractivity contribution is 7.99. The molecule has 4 aromatic rings. The smallest absolute Gasteiger partial charge is 0.341 e. The second kappa shape index (κ2) is 14.5. The first-order valence-electron chi connectivity index (χ1n) is 14.3. The van der Waals surface area contributed by atoms with Gasteiger partial charge in [-0.3, -0.25) is 14.2 Å². The number of ether oxygens (including phenoxy) is 2. The molecular formula is C31H32FN5O5S2. The molecule has 0 fully saturated rings. The van der Waals surface area contributed by atoms with Crippen molar-refractivity contribution in [2.24, 2.45) is 0 Å². The molecule has 0 radical (unpaired) electrons. The zero-order valence-corrected chi connectivity index (χ0v) is 26.0. The molecule has 0 spiro atoms. The molecule has 0 unspecified atom stereocenters. The number of carbonyl (C=O) groups is 3. The molecule has 2 aromatic carbocycles. The fourth-order valence-corrected chi connectivity index (χ4v) is 7.06. The first-order valence-corrected chi connectivity index (χ1v) is 16.1. The highest BCUT2D eigenvalue weighted by Crippen LogP contribution is 2.38. The van der Waals surface area contributed by atoms with Gasteiger partial charge >= 0.3 is 5.97 Å². The van der Waals surface area contributed by atoms with Crippen LogP contribution in [0.4, 0.5) is 9.39 Å². The van der Waals surface area contributed by atoms with Crippen LogP contribution in [0.5, 0.6) is 5.75 Å². The summed E-state index contributed by atoms with van der Waals surface area (Å²) in [6, 6.07) is 12.9. The first kappa shape index (κ1) is 31.2. The number of thiophene rings is 1. The number of rotatable bonds is 11. The molecule has 1 aliphatic carbocycles. The van der Waals surface area contributed by atoms with Crippen LogP contribution in [0.25, 0.3) is 5.69 Å². The maximum absolute atomic E-state index is 14.2. The summed E-state index contributed by atoms with van der Waals surface area (Å²) in [5.41, 5.74) is 1.95. The van der Waals surface area contributed by atoms with Crippen molar-refractivity contribution in [2.45, 2.75) is 50.7 Å². The molecule has 230 valence electrons. The van der Waals surface area contributed by atoms with Crippen LogP contribution in [0.15, 0.2) is 53.7 Å². The van der Waals surface area contributed by atoms with Crippen molar-refractivity contribution in [3.05, 3.63) is 81.7 Å². The van der Waals surface area contributed by atoms with Gasteiger partial charge in [-0.05, 0) is 62.4 Å². The summed E-state index contributed by atoms with van der Waals surface area (Å²) in [6.45, 7) is 1.94. The number of methoxy groups -OCH3 is 1. The van der Waals surface area contributed by atoms with Gasteiger partial charge in [-0.15, -0.1) is 21.5 Å². The Morgan fingerprint density at radius 2 is 1.82 bits per heavy atom. The molecule has 2 amide bonds. The van der Waals surface area contributed by atoms with Gasteiger partial charge in [0.2, 0.25) is 5.91 Å². The van der Waals surface area contributed by atoms with Gasteiger partial charge in [-0.1, -0.05) is 42.4 Å². The van der Waals surface area contributed by atoms with E-state index in [1.54, 1.807) is 29.7 Å². The van der Waals surface area contributed by atoms with Crippen LogP contribution in [0.1, 0.15) is 63.2 Å². The number of amides is 2. The highest BCUT2D eigenvalue weighted by Gasteiger charge is 2.27. The van der Waals surface area contributed by atoms with E-state index in [9.17, 15) is 18.8 Å². The van der Waals surface area contributed by atoms with Gasteiger partial charge in [0, 0.05) is 4.88 Å².